The Morgan fingerprint density at radius 1 is 1.30 bits per heavy atom. The van der Waals surface area contributed by atoms with E-state index in [2.05, 4.69) is 16.0 Å². The van der Waals surface area contributed by atoms with Gasteiger partial charge in [0.15, 0.2) is 11.5 Å². The minimum atomic E-state index is -0.822. The zero-order valence-corrected chi connectivity index (χ0v) is 12.1. The van der Waals surface area contributed by atoms with Crippen molar-refractivity contribution in [1.82, 2.24) is 16.0 Å². The van der Waals surface area contributed by atoms with Gasteiger partial charge in [0.2, 0.25) is 12.7 Å². The van der Waals surface area contributed by atoms with Crippen LogP contribution in [0.5, 0.6) is 17.2 Å². The van der Waals surface area contributed by atoms with Crippen LogP contribution < -0.4 is 30.2 Å². The topological polar surface area (TPSA) is 115 Å². The zero-order chi connectivity index (χ0) is 16.2. The summed E-state index contributed by atoms with van der Waals surface area (Å²) in [6.07, 6.45) is -0.110. The molecule has 1 aromatic carbocycles. The lowest BCUT2D eigenvalue weighted by Crippen LogP contribution is -2.37. The average molecular weight is 321 g/mol. The predicted octanol–water partition coefficient (Wildman–Crippen LogP) is -0.492. The molecule has 0 unspecified atom stereocenters. The first-order valence-corrected chi connectivity index (χ1v) is 7.02. The molecule has 9 nitrogen and oxygen atoms in total. The molecule has 0 aliphatic carbocycles. The molecular formula is C14H15N3O6. The van der Waals surface area contributed by atoms with Crippen molar-refractivity contribution in [1.29, 1.82) is 0 Å². The van der Waals surface area contributed by atoms with E-state index >= 15 is 0 Å². The zero-order valence-electron chi connectivity index (χ0n) is 12.1. The lowest BCUT2D eigenvalue weighted by atomic mass is 10.2. The summed E-state index contributed by atoms with van der Waals surface area (Å²) in [7, 11) is 0. The fourth-order valence-electron chi connectivity index (χ4n) is 2.19. The maximum Gasteiger partial charge on any atom is 0.322 e. The molecule has 4 amide bonds. The number of fused-ring (bicyclic) bond motifs is 1. The Kier molecular flexibility index (Phi) is 4.18. The van der Waals surface area contributed by atoms with E-state index < -0.39 is 18.0 Å². The van der Waals surface area contributed by atoms with Gasteiger partial charge in [-0.1, -0.05) is 0 Å². The summed E-state index contributed by atoms with van der Waals surface area (Å²) >= 11 is 0. The molecule has 0 saturated carbocycles. The van der Waals surface area contributed by atoms with Crippen molar-refractivity contribution in [3.05, 3.63) is 18.2 Å². The second-order valence-corrected chi connectivity index (χ2v) is 4.93. The van der Waals surface area contributed by atoms with Gasteiger partial charge in [0.05, 0.1) is 13.0 Å². The van der Waals surface area contributed by atoms with Crippen molar-refractivity contribution in [3.8, 4) is 17.2 Å². The van der Waals surface area contributed by atoms with E-state index in [1.54, 1.807) is 18.2 Å². The number of rotatable bonds is 6. The minimum absolute atomic E-state index is 0.110. The molecule has 122 valence electrons. The molecule has 0 aromatic heterocycles. The van der Waals surface area contributed by atoms with E-state index in [-0.39, 0.29) is 32.3 Å². The van der Waals surface area contributed by atoms with Crippen LogP contribution in [0.25, 0.3) is 0 Å². The molecule has 2 heterocycles. The third kappa shape index (κ3) is 3.62. The number of hydrogen-bond acceptors (Lipinski definition) is 6. The monoisotopic (exact) mass is 321 g/mol. The van der Waals surface area contributed by atoms with E-state index in [0.717, 1.165) is 0 Å². The fraction of sp³-hybridized carbons (Fsp3) is 0.357. The molecule has 2 aliphatic heterocycles. The van der Waals surface area contributed by atoms with E-state index in [0.29, 0.717) is 17.2 Å². The van der Waals surface area contributed by atoms with E-state index in [4.69, 9.17) is 14.2 Å². The lowest BCUT2D eigenvalue weighted by molar-refractivity contribution is -0.126. The summed E-state index contributed by atoms with van der Waals surface area (Å²) in [4.78, 5) is 33.9. The smallest absolute Gasteiger partial charge is 0.322 e. The summed E-state index contributed by atoms with van der Waals surface area (Å²) in [5.74, 6) is 1.05. The molecule has 2 aliphatic rings. The first kappa shape index (κ1) is 14.9. The van der Waals surface area contributed by atoms with Crippen molar-refractivity contribution in [2.75, 3.05) is 19.9 Å². The highest BCUT2D eigenvalue weighted by atomic mass is 16.7. The Morgan fingerprint density at radius 2 is 2.13 bits per heavy atom. The van der Waals surface area contributed by atoms with Gasteiger partial charge in [0.25, 0.3) is 5.91 Å². The molecule has 1 aromatic rings. The van der Waals surface area contributed by atoms with Crippen molar-refractivity contribution >= 4 is 17.8 Å². The third-order valence-corrected chi connectivity index (χ3v) is 3.29. The van der Waals surface area contributed by atoms with Crippen molar-refractivity contribution < 1.29 is 28.6 Å². The van der Waals surface area contributed by atoms with Crippen molar-refractivity contribution in [2.24, 2.45) is 0 Å². The Balaban J connectivity index is 1.37. The summed E-state index contributed by atoms with van der Waals surface area (Å²) in [5.41, 5.74) is 0. The number of amides is 4. The van der Waals surface area contributed by atoms with Crippen LogP contribution in [0, 0.1) is 0 Å². The molecule has 0 spiro atoms. The number of carbonyl (C=O) groups is 3. The number of nitrogens with one attached hydrogen (secondary N) is 3. The highest BCUT2D eigenvalue weighted by Gasteiger charge is 2.31. The Hall–Kier alpha value is -2.97. The number of urea groups is 1. The van der Waals surface area contributed by atoms with Gasteiger partial charge in [0.1, 0.15) is 18.4 Å². The van der Waals surface area contributed by atoms with Crippen LogP contribution in [0.15, 0.2) is 18.2 Å². The van der Waals surface area contributed by atoms with Crippen LogP contribution in [0.2, 0.25) is 0 Å². The second kappa shape index (κ2) is 6.42. The molecule has 1 saturated heterocycles. The lowest BCUT2D eigenvalue weighted by Gasteiger charge is -2.10. The van der Waals surface area contributed by atoms with Gasteiger partial charge in [-0.3, -0.25) is 14.9 Å². The Bertz CT molecular complexity index is 647. The van der Waals surface area contributed by atoms with Crippen LogP contribution in [-0.2, 0) is 9.59 Å². The third-order valence-electron chi connectivity index (χ3n) is 3.29. The van der Waals surface area contributed by atoms with Gasteiger partial charge < -0.3 is 24.8 Å². The maximum atomic E-state index is 11.7. The standard InChI is InChI=1S/C14H15N3O6/c18-12(6-9-13(19)17-14(20)16-9)15-3-4-21-8-1-2-10-11(5-8)23-7-22-10/h1-2,5,9H,3-4,6-7H2,(H,15,18)(H2,16,17,19,20)/t9-/m1/s1. The van der Waals surface area contributed by atoms with E-state index in [1.165, 1.54) is 0 Å². The Morgan fingerprint density at radius 3 is 2.91 bits per heavy atom. The van der Waals surface area contributed by atoms with Gasteiger partial charge in [-0.2, -0.15) is 0 Å². The SMILES string of the molecule is O=C(C[C@H]1NC(=O)NC1=O)NCCOc1ccc2c(c1)OCO2. The van der Waals surface area contributed by atoms with Gasteiger partial charge in [-0.25, -0.2) is 4.79 Å². The van der Waals surface area contributed by atoms with Gasteiger partial charge in [0, 0.05) is 6.07 Å². The average Bonchev–Trinajstić information content (AvgIpc) is 3.09. The normalized spacial score (nSPS) is 18.3. The number of hydrogen-bond donors (Lipinski definition) is 3. The number of imide groups is 1. The summed E-state index contributed by atoms with van der Waals surface area (Å²) in [6, 6.07) is 3.80. The van der Waals surface area contributed by atoms with E-state index in [1.807, 2.05) is 0 Å². The first-order valence-electron chi connectivity index (χ1n) is 7.02. The summed E-state index contributed by atoms with van der Waals surface area (Å²) in [6.45, 7) is 0.726. The summed E-state index contributed by atoms with van der Waals surface area (Å²) in [5, 5.41) is 7.04. The van der Waals surface area contributed by atoms with Crippen LogP contribution in [-0.4, -0.2) is 43.8 Å². The summed E-state index contributed by atoms with van der Waals surface area (Å²) < 4.78 is 15.9. The molecule has 9 heteroatoms. The highest BCUT2D eigenvalue weighted by molar-refractivity contribution is 6.05. The van der Waals surface area contributed by atoms with Crippen molar-refractivity contribution in [3.63, 3.8) is 0 Å². The van der Waals surface area contributed by atoms with Crippen LogP contribution in [0.1, 0.15) is 6.42 Å². The molecule has 3 rings (SSSR count). The first-order chi connectivity index (χ1) is 11.1. The van der Waals surface area contributed by atoms with Crippen molar-refractivity contribution in [2.45, 2.75) is 12.5 Å². The number of carbonyl (C=O) groups excluding carboxylic acids is 3. The largest absolute Gasteiger partial charge is 0.492 e. The minimum Gasteiger partial charge on any atom is -0.492 e. The molecule has 1 atom stereocenters. The van der Waals surface area contributed by atoms with Crippen LogP contribution in [0.4, 0.5) is 4.79 Å². The van der Waals surface area contributed by atoms with Crippen LogP contribution >= 0.6 is 0 Å². The van der Waals surface area contributed by atoms with E-state index in [9.17, 15) is 14.4 Å². The molecule has 0 radical (unpaired) electrons. The fourth-order valence-corrected chi connectivity index (χ4v) is 2.19. The van der Waals surface area contributed by atoms with Gasteiger partial charge in [-0.05, 0) is 12.1 Å². The maximum absolute atomic E-state index is 11.7. The number of ether oxygens (including phenoxy) is 3. The highest BCUT2D eigenvalue weighted by Crippen LogP contribution is 2.34. The quantitative estimate of drug-likeness (QED) is 0.481. The molecule has 3 N–H and O–H groups in total. The predicted molar refractivity (Wildman–Crippen MR) is 76.1 cm³/mol. The molecular weight excluding hydrogens is 306 g/mol. The van der Waals surface area contributed by atoms with Gasteiger partial charge in [-0.15, -0.1) is 0 Å². The second-order valence-electron chi connectivity index (χ2n) is 4.93. The van der Waals surface area contributed by atoms with Gasteiger partial charge >= 0.3 is 6.03 Å². The Labute approximate surface area is 131 Å². The number of benzene rings is 1. The molecule has 0 bridgehead atoms. The molecule has 23 heavy (non-hydrogen) atoms. The van der Waals surface area contributed by atoms with Crippen LogP contribution in [0.3, 0.4) is 0 Å². The molecule has 1 fully saturated rings.